The van der Waals surface area contributed by atoms with Crippen LogP contribution in [0.5, 0.6) is 5.75 Å². The molecule has 2 heterocycles. The van der Waals surface area contributed by atoms with Crippen LogP contribution in [0.3, 0.4) is 0 Å². The molecule has 5 nitrogen and oxygen atoms in total. The number of hydrogen-bond donors (Lipinski definition) is 1. The molecule has 0 aliphatic rings. The fraction of sp³-hybridized carbons (Fsp3) is 0.143. The van der Waals surface area contributed by atoms with Crippen LogP contribution in [0.2, 0.25) is 0 Å². The molecule has 3 aromatic rings. The molecule has 102 valence electrons. The van der Waals surface area contributed by atoms with E-state index in [-0.39, 0.29) is 22.3 Å². The van der Waals surface area contributed by atoms with Gasteiger partial charge in [0.1, 0.15) is 17.1 Å². The maximum absolute atomic E-state index is 13.7. The molecule has 6 heteroatoms. The lowest BCUT2D eigenvalue weighted by molar-refractivity contribution is 0.460. The molecule has 0 bridgehead atoms. The molecular weight excluding hydrogens is 263 g/mol. The van der Waals surface area contributed by atoms with Crippen molar-refractivity contribution in [3.63, 3.8) is 0 Å². The van der Waals surface area contributed by atoms with Gasteiger partial charge in [0.15, 0.2) is 5.75 Å². The molecule has 0 unspecified atom stereocenters. The van der Waals surface area contributed by atoms with E-state index in [1.807, 2.05) is 0 Å². The molecule has 0 amide bonds. The molecule has 3 rings (SSSR count). The van der Waals surface area contributed by atoms with Gasteiger partial charge < -0.3 is 9.52 Å². The number of aryl methyl sites for hydroxylation is 2. The van der Waals surface area contributed by atoms with E-state index in [0.717, 1.165) is 4.68 Å². The van der Waals surface area contributed by atoms with Crippen molar-refractivity contribution >= 4 is 11.0 Å². The van der Waals surface area contributed by atoms with Gasteiger partial charge in [0.2, 0.25) is 0 Å². The SMILES string of the molecule is Cc1nn(C)c(=O)c(-c2ccc(F)c3ccoc23)c1O. The topological polar surface area (TPSA) is 68.3 Å². The zero-order valence-electron chi connectivity index (χ0n) is 10.8. The standard InChI is InChI=1S/C14H11FN2O3/c1-7-12(18)11(14(19)17(2)16-7)9-3-4-10(15)8-5-6-20-13(8)9/h3-6,18H,1-2H3. The van der Waals surface area contributed by atoms with Crippen molar-refractivity contribution in [1.82, 2.24) is 9.78 Å². The van der Waals surface area contributed by atoms with E-state index in [0.29, 0.717) is 11.3 Å². The number of furan rings is 1. The lowest BCUT2D eigenvalue weighted by Crippen LogP contribution is -2.22. The van der Waals surface area contributed by atoms with Crippen LogP contribution in [0, 0.1) is 12.7 Å². The lowest BCUT2D eigenvalue weighted by atomic mass is 10.0. The Labute approximate surface area is 112 Å². The molecule has 0 aliphatic carbocycles. The molecule has 0 atom stereocenters. The number of fused-ring (bicyclic) bond motifs is 1. The summed E-state index contributed by atoms with van der Waals surface area (Å²) in [5.74, 6) is -0.669. The Morgan fingerprint density at radius 2 is 2.10 bits per heavy atom. The molecular formula is C14H11FN2O3. The van der Waals surface area contributed by atoms with Crippen molar-refractivity contribution in [2.75, 3.05) is 0 Å². The number of halogens is 1. The third-order valence-corrected chi connectivity index (χ3v) is 3.22. The molecule has 0 fully saturated rings. The number of rotatable bonds is 1. The second kappa shape index (κ2) is 4.19. The summed E-state index contributed by atoms with van der Waals surface area (Å²) in [6.07, 6.45) is 1.34. The molecule has 1 N–H and O–H groups in total. The minimum atomic E-state index is -0.475. The van der Waals surface area contributed by atoms with Gasteiger partial charge in [-0.3, -0.25) is 4.79 Å². The Bertz CT molecular complexity index is 880. The Hall–Kier alpha value is -2.63. The van der Waals surface area contributed by atoms with Crippen LogP contribution in [0.25, 0.3) is 22.1 Å². The first-order chi connectivity index (χ1) is 9.50. The van der Waals surface area contributed by atoms with E-state index in [1.165, 1.54) is 31.5 Å². The van der Waals surface area contributed by atoms with Crippen LogP contribution in [0.1, 0.15) is 5.69 Å². The molecule has 0 radical (unpaired) electrons. The molecule has 0 saturated heterocycles. The lowest BCUT2D eigenvalue weighted by Gasteiger charge is -2.09. The van der Waals surface area contributed by atoms with Crippen LogP contribution < -0.4 is 5.56 Å². The van der Waals surface area contributed by atoms with Crippen LogP contribution in [0.15, 0.2) is 33.7 Å². The summed E-state index contributed by atoms with van der Waals surface area (Å²) in [6.45, 7) is 1.58. The van der Waals surface area contributed by atoms with Crippen molar-refractivity contribution in [1.29, 1.82) is 0 Å². The average molecular weight is 274 g/mol. The van der Waals surface area contributed by atoms with Crippen LogP contribution in [0.4, 0.5) is 4.39 Å². The zero-order chi connectivity index (χ0) is 14.4. The largest absolute Gasteiger partial charge is 0.505 e. The molecule has 0 saturated carbocycles. The number of nitrogens with zero attached hydrogens (tertiary/aromatic N) is 2. The van der Waals surface area contributed by atoms with Crippen LogP contribution >= 0.6 is 0 Å². The first kappa shape index (κ1) is 12.4. The molecule has 1 aromatic carbocycles. The molecule has 0 aliphatic heterocycles. The van der Waals surface area contributed by atoms with E-state index >= 15 is 0 Å². The van der Waals surface area contributed by atoms with Gasteiger partial charge >= 0.3 is 0 Å². The van der Waals surface area contributed by atoms with Gasteiger partial charge in [0.25, 0.3) is 5.56 Å². The fourth-order valence-corrected chi connectivity index (χ4v) is 2.23. The van der Waals surface area contributed by atoms with Gasteiger partial charge in [-0.2, -0.15) is 5.10 Å². The number of benzene rings is 1. The van der Waals surface area contributed by atoms with Gasteiger partial charge in [-0.1, -0.05) is 0 Å². The third-order valence-electron chi connectivity index (χ3n) is 3.22. The fourth-order valence-electron chi connectivity index (χ4n) is 2.23. The monoisotopic (exact) mass is 274 g/mol. The Morgan fingerprint density at radius 1 is 1.35 bits per heavy atom. The Kier molecular flexibility index (Phi) is 2.60. The first-order valence-electron chi connectivity index (χ1n) is 5.93. The van der Waals surface area contributed by atoms with Gasteiger partial charge in [0, 0.05) is 12.6 Å². The zero-order valence-corrected chi connectivity index (χ0v) is 10.8. The maximum atomic E-state index is 13.7. The van der Waals surface area contributed by atoms with Gasteiger partial charge in [-0.15, -0.1) is 0 Å². The predicted octanol–water partition coefficient (Wildman–Crippen LogP) is 2.35. The quantitative estimate of drug-likeness (QED) is 0.739. The summed E-state index contributed by atoms with van der Waals surface area (Å²) in [5, 5.41) is 14.3. The van der Waals surface area contributed by atoms with Crippen molar-refractivity contribution in [2.24, 2.45) is 7.05 Å². The molecule has 0 spiro atoms. The van der Waals surface area contributed by atoms with Crippen molar-refractivity contribution in [3.8, 4) is 16.9 Å². The predicted molar refractivity (Wildman–Crippen MR) is 71.0 cm³/mol. The summed E-state index contributed by atoms with van der Waals surface area (Å²) in [7, 11) is 1.49. The maximum Gasteiger partial charge on any atom is 0.278 e. The highest BCUT2D eigenvalue weighted by Crippen LogP contribution is 2.34. The number of hydrogen-bond acceptors (Lipinski definition) is 4. The van der Waals surface area contributed by atoms with E-state index in [4.69, 9.17) is 4.42 Å². The minimum absolute atomic E-state index is 0.0555. The Balaban J connectivity index is 2.46. The summed E-state index contributed by atoms with van der Waals surface area (Å²) in [5.41, 5.74) is 0.460. The third kappa shape index (κ3) is 1.61. The average Bonchev–Trinajstić information content (AvgIpc) is 2.89. The van der Waals surface area contributed by atoms with Crippen molar-refractivity contribution in [3.05, 3.63) is 46.3 Å². The van der Waals surface area contributed by atoms with E-state index in [1.54, 1.807) is 6.92 Å². The molecule has 2 aromatic heterocycles. The van der Waals surface area contributed by atoms with Crippen molar-refractivity contribution < 1.29 is 13.9 Å². The van der Waals surface area contributed by atoms with Gasteiger partial charge in [-0.25, -0.2) is 9.07 Å². The van der Waals surface area contributed by atoms with E-state index < -0.39 is 11.4 Å². The normalized spacial score (nSPS) is 11.2. The summed E-state index contributed by atoms with van der Waals surface area (Å²) < 4.78 is 20.0. The Morgan fingerprint density at radius 3 is 2.85 bits per heavy atom. The van der Waals surface area contributed by atoms with Gasteiger partial charge in [-0.05, 0) is 25.1 Å². The highest BCUT2D eigenvalue weighted by Gasteiger charge is 2.19. The summed E-state index contributed by atoms with van der Waals surface area (Å²) >= 11 is 0. The highest BCUT2D eigenvalue weighted by molar-refractivity contribution is 5.94. The highest BCUT2D eigenvalue weighted by atomic mass is 19.1. The second-order valence-electron chi connectivity index (χ2n) is 4.50. The van der Waals surface area contributed by atoms with Crippen molar-refractivity contribution in [2.45, 2.75) is 6.92 Å². The summed E-state index contributed by atoms with van der Waals surface area (Å²) in [4.78, 5) is 12.2. The van der Waals surface area contributed by atoms with E-state index in [9.17, 15) is 14.3 Å². The van der Waals surface area contributed by atoms with Gasteiger partial charge in [0.05, 0.1) is 17.2 Å². The molecule has 20 heavy (non-hydrogen) atoms. The second-order valence-corrected chi connectivity index (χ2v) is 4.50. The first-order valence-corrected chi connectivity index (χ1v) is 5.93. The number of aromatic hydroxyl groups is 1. The van der Waals surface area contributed by atoms with E-state index in [2.05, 4.69) is 5.10 Å². The van der Waals surface area contributed by atoms with Crippen LogP contribution in [-0.4, -0.2) is 14.9 Å². The minimum Gasteiger partial charge on any atom is -0.505 e. The number of aromatic nitrogens is 2. The smallest absolute Gasteiger partial charge is 0.278 e. The van der Waals surface area contributed by atoms with Crippen LogP contribution in [-0.2, 0) is 7.05 Å². The summed E-state index contributed by atoms with van der Waals surface area (Å²) in [6, 6.07) is 4.13.